The molecule has 0 aliphatic heterocycles. The van der Waals surface area contributed by atoms with Gasteiger partial charge < -0.3 is 13.9 Å². The normalized spacial score (nSPS) is 12.1. The van der Waals surface area contributed by atoms with Crippen LogP contribution in [-0.4, -0.2) is 11.9 Å². The predicted octanol–water partition coefficient (Wildman–Crippen LogP) is 3.46. The van der Waals surface area contributed by atoms with Gasteiger partial charge >= 0.3 is 11.9 Å². The Balaban J connectivity index is 2.47. The van der Waals surface area contributed by atoms with Gasteiger partial charge in [0.15, 0.2) is 0 Å². The molecule has 0 unspecified atom stereocenters. The summed E-state index contributed by atoms with van der Waals surface area (Å²) in [6, 6.07) is 3.41. The third kappa shape index (κ3) is 5.61. The lowest BCUT2D eigenvalue weighted by molar-refractivity contribution is -0.154. The number of esters is 2. The fourth-order valence-electron chi connectivity index (χ4n) is 1.28. The minimum atomic E-state index is -0.544. The second-order valence-corrected chi connectivity index (χ2v) is 7.02. The van der Waals surface area contributed by atoms with E-state index >= 15 is 0 Å². The van der Waals surface area contributed by atoms with Crippen molar-refractivity contribution in [3.05, 3.63) is 23.7 Å². The molecule has 1 aromatic rings. The van der Waals surface area contributed by atoms with Gasteiger partial charge in [-0.3, -0.25) is 9.59 Å². The molecule has 0 aliphatic rings. The summed E-state index contributed by atoms with van der Waals surface area (Å²) in [5, 5.41) is 0. The van der Waals surface area contributed by atoms with Crippen LogP contribution in [0.1, 0.15) is 53.1 Å². The summed E-state index contributed by atoms with van der Waals surface area (Å²) in [6.07, 6.45) is 0. The number of carbonyl (C=O) groups excluding carboxylic acids is 2. The van der Waals surface area contributed by atoms with Crippen molar-refractivity contribution < 1.29 is 23.5 Å². The first-order chi connectivity index (χ1) is 9.50. The molecular formula is C16H24O5. The van der Waals surface area contributed by atoms with Gasteiger partial charge in [0.05, 0.1) is 10.8 Å². The van der Waals surface area contributed by atoms with Crippen LogP contribution in [0.25, 0.3) is 0 Å². The maximum Gasteiger partial charge on any atom is 0.311 e. The van der Waals surface area contributed by atoms with E-state index < -0.39 is 10.8 Å². The third-order valence-corrected chi connectivity index (χ3v) is 2.63. The molecule has 0 atom stereocenters. The standard InChI is InChI=1S/C16H24O5/c1-15(2,3)13(17)19-9-11-7-8-12(21-11)10-20-14(18)16(4,5)6/h7-8H,9-10H2,1-6H3. The van der Waals surface area contributed by atoms with E-state index in [1.165, 1.54) is 0 Å². The quantitative estimate of drug-likeness (QED) is 0.796. The highest BCUT2D eigenvalue weighted by Crippen LogP contribution is 2.19. The van der Waals surface area contributed by atoms with Crippen LogP contribution in [0.3, 0.4) is 0 Å². The molecule has 0 N–H and O–H groups in total. The van der Waals surface area contributed by atoms with Crippen molar-refractivity contribution in [2.24, 2.45) is 10.8 Å². The molecule has 21 heavy (non-hydrogen) atoms. The summed E-state index contributed by atoms with van der Waals surface area (Å²) < 4.78 is 15.7. The molecule has 0 aromatic carbocycles. The summed E-state index contributed by atoms with van der Waals surface area (Å²) in [4.78, 5) is 23.3. The minimum absolute atomic E-state index is 0.0727. The molecule has 0 saturated heterocycles. The van der Waals surface area contributed by atoms with Gasteiger partial charge in [0.1, 0.15) is 24.7 Å². The molecule has 0 aliphatic carbocycles. The van der Waals surface area contributed by atoms with Gasteiger partial charge in [-0.05, 0) is 53.7 Å². The first-order valence-electron chi connectivity index (χ1n) is 6.92. The van der Waals surface area contributed by atoms with Crippen molar-refractivity contribution in [3.63, 3.8) is 0 Å². The lowest BCUT2D eigenvalue weighted by Gasteiger charge is -2.16. The zero-order valence-electron chi connectivity index (χ0n) is 13.6. The lowest BCUT2D eigenvalue weighted by Crippen LogP contribution is -2.22. The number of carbonyl (C=O) groups is 2. The Hall–Kier alpha value is -1.78. The van der Waals surface area contributed by atoms with Crippen molar-refractivity contribution in [2.75, 3.05) is 0 Å². The van der Waals surface area contributed by atoms with Crippen molar-refractivity contribution in [1.82, 2.24) is 0 Å². The number of rotatable bonds is 4. The van der Waals surface area contributed by atoms with Gasteiger partial charge in [0.25, 0.3) is 0 Å². The van der Waals surface area contributed by atoms with E-state index in [-0.39, 0.29) is 25.2 Å². The van der Waals surface area contributed by atoms with Crippen molar-refractivity contribution in [3.8, 4) is 0 Å². The number of hydrogen-bond acceptors (Lipinski definition) is 5. The molecule has 1 aromatic heterocycles. The van der Waals surface area contributed by atoms with Crippen LogP contribution in [0, 0.1) is 10.8 Å². The Morgan fingerprint density at radius 3 is 1.48 bits per heavy atom. The second kappa shape index (κ2) is 6.33. The van der Waals surface area contributed by atoms with E-state index in [4.69, 9.17) is 13.9 Å². The van der Waals surface area contributed by atoms with E-state index in [0.717, 1.165) is 0 Å². The molecule has 0 saturated carbocycles. The molecule has 5 nitrogen and oxygen atoms in total. The Morgan fingerprint density at radius 1 is 0.857 bits per heavy atom. The Morgan fingerprint density at radius 2 is 1.19 bits per heavy atom. The Kier molecular flexibility index (Phi) is 5.20. The summed E-state index contributed by atoms with van der Waals surface area (Å²) in [5.41, 5.74) is -1.09. The molecule has 0 bridgehead atoms. The lowest BCUT2D eigenvalue weighted by atomic mass is 9.97. The van der Waals surface area contributed by atoms with Crippen LogP contribution >= 0.6 is 0 Å². The average Bonchev–Trinajstić information content (AvgIpc) is 2.78. The third-order valence-electron chi connectivity index (χ3n) is 2.63. The maximum atomic E-state index is 11.6. The topological polar surface area (TPSA) is 65.7 Å². The first-order valence-corrected chi connectivity index (χ1v) is 6.92. The summed E-state index contributed by atoms with van der Waals surface area (Å²) in [5.74, 6) is 0.461. The molecule has 0 amide bonds. The van der Waals surface area contributed by atoms with E-state index in [2.05, 4.69) is 0 Å². The fourth-order valence-corrected chi connectivity index (χ4v) is 1.28. The van der Waals surface area contributed by atoms with Crippen molar-refractivity contribution in [1.29, 1.82) is 0 Å². The molecule has 1 rings (SSSR count). The SMILES string of the molecule is CC(C)(C)C(=O)OCc1ccc(COC(=O)C(C)(C)C)o1. The largest absolute Gasteiger partial charge is 0.459 e. The van der Waals surface area contributed by atoms with Gasteiger partial charge in [0, 0.05) is 0 Å². The summed E-state index contributed by atoms with van der Waals surface area (Å²) in [6.45, 7) is 10.9. The number of ether oxygens (including phenoxy) is 2. The maximum absolute atomic E-state index is 11.6. The van der Waals surface area contributed by atoms with Crippen LogP contribution < -0.4 is 0 Å². The molecular weight excluding hydrogens is 272 g/mol. The number of hydrogen-bond donors (Lipinski definition) is 0. The molecule has 0 fully saturated rings. The second-order valence-electron chi connectivity index (χ2n) is 7.02. The molecule has 1 heterocycles. The predicted molar refractivity (Wildman–Crippen MR) is 77.2 cm³/mol. The van der Waals surface area contributed by atoms with Crippen LogP contribution in [0.4, 0.5) is 0 Å². The minimum Gasteiger partial charge on any atom is -0.459 e. The van der Waals surface area contributed by atoms with E-state index in [0.29, 0.717) is 11.5 Å². The first kappa shape index (κ1) is 17.3. The molecule has 0 radical (unpaired) electrons. The van der Waals surface area contributed by atoms with Gasteiger partial charge in [-0.25, -0.2) is 0 Å². The van der Waals surface area contributed by atoms with Gasteiger partial charge in [-0.2, -0.15) is 0 Å². The number of furan rings is 1. The van der Waals surface area contributed by atoms with Crippen LogP contribution in [0.5, 0.6) is 0 Å². The zero-order valence-corrected chi connectivity index (χ0v) is 13.6. The zero-order chi connectivity index (χ0) is 16.3. The summed E-state index contributed by atoms with van der Waals surface area (Å²) in [7, 11) is 0. The van der Waals surface area contributed by atoms with Gasteiger partial charge in [0.2, 0.25) is 0 Å². The van der Waals surface area contributed by atoms with Crippen LogP contribution in [0.2, 0.25) is 0 Å². The monoisotopic (exact) mass is 296 g/mol. The van der Waals surface area contributed by atoms with Crippen molar-refractivity contribution >= 4 is 11.9 Å². The molecule has 118 valence electrons. The van der Waals surface area contributed by atoms with Gasteiger partial charge in [-0.15, -0.1) is 0 Å². The fraction of sp³-hybridized carbons (Fsp3) is 0.625. The molecule has 5 heteroatoms. The summed E-state index contributed by atoms with van der Waals surface area (Å²) >= 11 is 0. The van der Waals surface area contributed by atoms with Crippen molar-refractivity contribution in [2.45, 2.75) is 54.8 Å². The Labute approximate surface area is 125 Å². The smallest absolute Gasteiger partial charge is 0.311 e. The average molecular weight is 296 g/mol. The highest BCUT2D eigenvalue weighted by atomic mass is 16.6. The van der Waals surface area contributed by atoms with Crippen LogP contribution in [-0.2, 0) is 32.3 Å². The highest BCUT2D eigenvalue weighted by Gasteiger charge is 2.24. The Bertz CT molecular complexity index is 455. The van der Waals surface area contributed by atoms with E-state index in [9.17, 15) is 9.59 Å². The highest BCUT2D eigenvalue weighted by molar-refractivity contribution is 5.75. The molecule has 0 spiro atoms. The van der Waals surface area contributed by atoms with Crippen LogP contribution in [0.15, 0.2) is 16.5 Å². The van der Waals surface area contributed by atoms with Gasteiger partial charge in [-0.1, -0.05) is 0 Å². The van der Waals surface area contributed by atoms with E-state index in [1.807, 2.05) is 0 Å². The van der Waals surface area contributed by atoms with E-state index in [1.54, 1.807) is 53.7 Å².